The standard InChI is InChI=1S/C16H11BrN2O4/c17-12-4-1-3-11(9-12)6-7-15(20)22-10-14-18-19-16(23-14)13-5-2-8-21-13/h1-9H,10H2/b7-6+. The Morgan fingerprint density at radius 2 is 2.17 bits per heavy atom. The fraction of sp³-hybridized carbons (Fsp3) is 0.0625. The minimum atomic E-state index is -0.497. The first-order chi connectivity index (χ1) is 11.2. The Labute approximate surface area is 139 Å². The fourth-order valence-corrected chi connectivity index (χ4v) is 2.18. The van der Waals surface area contributed by atoms with E-state index in [9.17, 15) is 4.79 Å². The first-order valence-corrected chi connectivity index (χ1v) is 7.47. The summed E-state index contributed by atoms with van der Waals surface area (Å²) in [5.74, 6) is 0.402. The summed E-state index contributed by atoms with van der Waals surface area (Å²) < 4.78 is 16.5. The summed E-state index contributed by atoms with van der Waals surface area (Å²) in [6.45, 7) is -0.102. The molecule has 0 atom stereocenters. The molecule has 1 aromatic carbocycles. The van der Waals surface area contributed by atoms with Crippen LogP contribution in [0, 0.1) is 0 Å². The maximum Gasteiger partial charge on any atom is 0.331 e. The van der Waals surface area contributed by atoms with Crippen molar-refractivity contribution in [1.82, 2.24) is 10.2 Å². The summed E-state index contributed by atoms with van der Waals surface area (Å²) in [7, 11) is 0. The van der Waals surface area contributed by atoms with Crippen LogP contribution < -0.4 is 0 Å². The van der Waals surface area contributed by atoms with Crippen LogP contribution in [-0.4, -0.2) is 16.2 Å². The Kier molecular flexibility index (Phi) is 4.68. The van der Waals surface area contributed by atoms with E-state index in [1.54, 1.807) is 18.2 Å². The van der Waals surface area contributed by atoms with Gasteiger partial charge in [-0.1, -0.05) is 28.1 Å². The molecule has 0 saturated carbocycles. The first-order valence-electron chi connectivity index (χ1n) is 6.67. The molecule has 0 aliphatic carbocycles. The molecule has 7 heteroatoms. The highest BCUT2D eigenvalue weighted by atomic mass is 79.9. The summed E-state index contributed by atoms with van der Waals surface area (Å²) >= 11 is 3.36. The second-order valence-corrected chi connectivity index (χ2v) is 5.39. The van der Waals surface area contributed by atoms with E-state index in [0.29, 0.717) is 5.76 Å². The number of furan rings is 1. The third kappa shape index (κ3) is 4.17. The Morgan fingerprint density at radius 1 is 1.26 bits per heavy atom. The van der Waals surface area contributed by atoms with Crippen molar-refractivity contribution in [2.75, 3.05) is 0 Å². The van der Waals surface area contributed by atoms with Crippen molar-refractivity contribution in [3.05, 3.63) is 64.7 Å². The summed E-state index contributed by atoms with van der Waals surface area (Å²) in [4.78, 5) is 11.7. The van der Waals surface area contributed by atoms with E-state index in [0.717, 1.165) is 10.0 Å². The van der Waals surface area contributed by atoms with Gasteiger partial charge in [0.05, 0.1) is 6.26 Å². The van der Waals surface area contributed by atoms with Gasteiger partial charge in [-0.15, -0.1) is 10.2 Å². The third-order valence-corrected chi connectivity index (χ3v) is 3.29. The Bertz CT molecular complexity index is 824. The number of rotatable bonds is 5. The Balaban J connectivity index is 1.55. The average Bonchev–Trinajstić information content (AvgIpc) is 3.22. The van der Waals surface area contributed by atoms with E-state index < -0.39 is 5.97 Å². The van der Waals surface area contributed by atoms with Crippen LogP contribution in [0.4, 0.5) is 0 Å². The van der Waals surface area contributed by atoms with Crippen molar-refractivity contribution in [3.8, 4) is 11.7 Å². The van der Waals surface area contributed by atoms with E-state index in [-0.39, 0.29) is 18.4 Å². The lowest BCUT2D eigenvalue weighted by Gasteiger charge is -1.97. The number of esters is 1. The third-order valence-electron chi connectivity index (χ3n) is 2.80. The van der Waals surface area contributed by atoms with Crippen LogP contribution in [-0.2, 0) is 16.1 Å². The van der Waals surface area contributed by atoms with Crippen molar-refractivity contribution in [3.63, 3.8) is 0 Å². The highest BCUT2D eigenvalue weighted by Crippen LogP contribution is 2.18. The van der Waals surface area contributed by atoms with E-state index in [4.69, 9.17) is 13.6 Å². The lowest BCUT2D eigenvalue weighted by atomic mass is 10.2. The van der Waals surface area contributed by atoms with Gasteiger partial charge < -0.3 is 13.6 Å². The number of carbonyl (C=O) groups excluding carboxylic acids is 1. The van der Waals surface area contributed by atoms with Gasteiger partial charge in [0.1, 0.15) is 0 Å². The summed E-state index contributed by atoms with van der Waals surface area (Å²) in [5, 5.41) is 7.60. The molecule has 0 saturated heterocycles. The van der Waals surface area contributed by atoms with Gasteiger partial charge in [0.2, 0.25) is 0 Å². The van der Waals surface area contributed by atoms with Crippen LogP contribution in [0.3, 0.4) is 0 Å². The maximum atomic E-state index is 11.7. The number of ether oxygens (including phenoxy) is 1. The molecule has 0 radical (unpaired) electrons. The van der Waals surface area contributed by atoms with Crippen molar-refractivity contribution in [2.45, 2.75) is 6.61 Å². The Hall–Kier alpha value is -2.67. The molecular formula is C16H11BrN2O4. The van der Waals surface area contributed by atoms with Crippen molar-refractivity contribution in [2.24, 2.45) is 0 Å². The smallest absolute Gasteiger partial charge is 0.331 e. The molecule has 0 amide bonds. The van der Waals surface area contributed by atoms with Crippen molar-refractivity contribution in [1.29, 1.82) is 0 Å². The lowest BCUT2D eigenvalue weighted by molar-refractivity contribution is -0.139. The molecule has 6 nitrogen and oxygen atoms in total. The monoisotopic (exact) mass is 374 g/mol. The van der Waals surface area contributed by atoms with E-state index in [1.165, 1.54) is 12.3 Å². The van der Waals surface area contributed by atoms with Gasteiger partial charge in [-0.05, 0) is 35.9 Å². The van der Waals surface area contributed by atoms with Crippen LogP contribution in [0.2, 0.25) is 0 Å². The van der Waals surface area contributed by atoms with Gasteiger partial charge >= 0.3 is 5.97 Å². The number of nitrogens with zero attached hydrogens (tertiary/aromatic N) is 2. The molecule has 2 aromatic heterocycles. The predicted molar refractivity (Wildman–Crippen MR) is 85.0 cm³/mol. The number of benzene rings is 1. The zero-order valence-electron chi connectivity index (χ0n) is 11.8. The highest BCUT2D eigenvalue weighted by molar-refractivity contribution is 9.10. The molecule has 0 unspecified atom stereocenters. The molecule has 0 aliphatic rings. The number of hydrogen-bond donors (Lipinski definition) is 0. The molecule has 0 N–H and O–H groups in total. The maximum absolute atomic E-state index is 11.7. The predicted octanol–water partition coefficient (Wildman–Crippen LogP) is 3.85. The molecule has 3 rings (SSSR count). The second kappa shape index (κ2) is 7.06. The van der Waals surface area contributed by atoms with Gasteiger partial charge in [-0.25, -0.2) is 4.79 Å². The summed E-state index contributed by atoms with van der Waals surface area (Å²) in [6.07, 6.45) is 4.51. The van der Waals surface area contributed by atoms with Crippen molar-refractivity contribution < 1.29 is 18.4 Å². The highest BCUT2D eigenvalue weighted by Gasteiger charge is 2.11. The molecule has 0 fully saturated rings. The topological polar surface area (TPSA) is 78.4 Å². The van der Waals surface area contributed by atoms with Crippen molar-refractivity contribution >= 4 is 28.0 Å². The van der Waals surface area contributed by atoms with Crippen LogP contribution in [0.5, 0.6) is 0 Å². The van der Waals surface area contributed by atoms with Crippen LogP contribution in [0.15, 0.2) is 62.0 Å². The number of hydrogen-bond acceptors (Lipinski definition) is 6. The largest absolute Gasteiger partial charge is 0.459 e. The van der Waals surface area contributed by atoms with E-state index in [2.05, 4.69) is 26.1 Å². The zero-order chi connectivity index (χ0) is 16.1. The summed E-state index contributed by atoms with van der Waals surface area (Å²) in [6, 6.07) is 11.0. The molecule has 0 aliphatic heterocycles. The van der Waals surface area contributed by atoms with E-state index in [1.807, 2.05) is 24.3 Å². The molecule has 23 heavy (non-hydrogen) atoms. The minimum Gasteiger partial charge on any atom is -0.459 e. The van der Waals surface area contributed by atoms with Crippen LogP contribution in [0.1, 0.15) is 11.5 Å². The molecule has 2 heterocycles. The number of carbonyl (C=O) groups is 1. The normalized spacial score (nSPS) is 11.0. The van der Waals surface area contributed by atoms with Crippen LogP contribution in [0.25, 0.3) is 17.7 Å². The molecule has 116 valence electrons. The summed E-state index contributed by atoms with van der Waals surface area (Å²) in [5.41, 5.74) is 0.884. The average molecular weight is 375 g/mol. The first kappa shape index (κ1) is 15.2. The number of aromatic nitrogens is 2. The van der Waals surface area contributed by atoms with E-state index >= 15 is 0 Å². The van der Waals surface area contributed by atoms with Gasteiger partial charge in [0, 0.05) is 10.5 Å². The zero-order valence-corrected chi connectivity index (χ0v) is 13.4. The molecule has 3 aromatic rings. The second-order valence-electron chi connectivity index (χ2n) is 4.47. The SMILES string of the molecule is O=C(/C=C/c1cccc(Br)c1)OCc1nnc(-c2ccco2)o1. The molecule has 0 spiro atoms. The quantitative estimate of drug-likeness (QED) is 0.498. The molecular weight excluding hydrogens is 364 g/mol. The van der Waals surface area contributed by atoms with Gasteiger partial charge in [0.25, 0.3) is 11.8 Å². The minimum absolute atomic E-state index is 0.102. The Morgan fingerprint density at radius 3 is 2.96 bits per heavy atom. The lowest BCUT2D eigenvalue weighted by Crippen LogP contribution is -2.00. The fourth-order valence-electron chi connectivity index (χ4n) is 1.77. The van der Waals surface area contributed by atoms with Crippen LogP contribution >= 0.6 is 15.9 Å². The van der Waals surface area contributed by atoms with Gasteiger partial charge in [0.15, 0.2) is 12.4 Å². The molecule has 0 bridgehead atoms. The number of halogens is 1. The van der Waals surface area contributed by atoms with Gasteiger partial charge in [-0.3, -0.25) is 0 Å². The van der Waals surface area contributed by atoms with Gasteiger partial charge in [-0.2, -0.15) is 0 Å².